The summed E-state index contributed by atoms with van der Waals surface area (Å²) in [5, 5.41) is 2.77. The molecule has 1 amide bonds. The van der Waals surface area contributed by atoms with Crippen LogP contribution in [0.2, 0.25) is 0 Å². The van der Waals surface area contributed by atoms with Gasteiger partial charge in [0.2, 0.25) is 15.9 Å². The summed E-state index contributed by atoms with van der Waals surface area (Å²) in [6.07, 6.45) is 1.31. The Hall–Kier alpha value is -3.49. The van der Waals surface area contributed by atoms with E-state index in [-0.39, 0.29) is 17.2 Å². The highest BCUT2D eigenvalue weighted by atomic mass is 32.2. The van der Waals surface area contributed by atoms with Gasteiger partial charge < -0.3 is 10.1 Å². The largest absolute Gasteiger partial charge is 0.465 e. The zero-order valence-electron chi connectivity index (χ0n) is 18.3. The van der Waals surface area contributed by atoms with E-state index in [0.29, 0.717) is 30.6 Å². The minimum Gasteiger partial charge on any atom is -0.465 e. The normalized spacial score (nSPS) is 11.1. The molecular formula is C25H26N2O5S. The van der Waals surface area contributed by atoms with Crippen LogP contribution in [0.5, 0.6) is 0 Å². The third-order valence-corrected chi connectivity index (χ3v) is 6.49. The van der Waals surface area contributed by atoms with E-state index in [2.05, 4.69) is 14.8 Å². The number of amides is 1. The molecule has 0 aromatic heterocycles. The highest BCUT2D eigenvalue weighted by molar-refractivity contribution is 7.89. The number of sulfonamides is 1. The molecule has 0 atom stereocenters. The zero-order valence-corrected chi connectivity index (χ0v) is 19.1. The van der Waals surface area contributed by atoms with Gasteiger partial charge in [0, 0.05) is 18.7 Å². The molecule has 0 spiro atoms. The van der Waals surface area contributed by atoms with Crippen molar-refractivity contribution in [1.82, 2.24) is 4.72 Å². The van der Waals surface area contributed by atoms with Crippen LogP contribution in [0.4, 0.5) is 5.69 Å². The van der Waals surface area contributed by atoms with Crippen LogP contribution in [-0.4, -0.2) is 33.9 Å². The smallest absolute Gasteiger partial charge is 0.337 e. The van der Waals surface area contributed by atoms with Crippen molar-refractivity contribution in [2.24, 2.45) is 0 Å². The summed E-state index contributed by atoms with van der Waals surface area (Å²) in [5.74, 6) is -0.621. The topological polar surface area (TPSA) is 102 Å². The number of benzene rings is 3. The molecule has 3 aromatic rings. The molecule has 0 radical (unpaired) electrons. The van der Waals surface area contributed by atoms with Crippen molar-refractivity contribution < 1.29 is 22.7 Å². The van der Waals surface area contributed by atoms with Crippen LogP contribution >= 0.6 is 0 Å². The number of methoxy groups -OCH3 is 1. The third-order valence-electron chi connectivity index (χ3n) is 5.01. The Bertz CT molecular complexity index is 1180. The fourth-order valence-corrected chi connectivity index (χ4v) is 4.21. The van der Waals surface area contributed by atoms with Crippen molar-refractivity contribution in [1.29, 1.82) is 0 Å². The van der Waals surface area contributed by atoms with E-state index in [1.165, 1.54) is 7.11 Å². The molecule has 33 heavy (non-hydrogen) atoms. The summed E-state index contributed by atoms with van der Waals surface area (Å²) in [6.45, 7) is 0.314. The van der Waals surface area contributed by atoms with Crippen LogP contribution in [0.25, 0.3) is 0 Å². The monoisotopic (exact) mass is 466 g/mol. The number of ether oxygens (including phenoxy) is 1. The van der Waals surface area contributed by atoms with E-state index < -0.39 is 16.0 Å². The first-order valence-electron chi connectivity index (χ1n) is 10.5. The molecule has 0 aliphatic rings. The first kappa shape index (κ1) is 24.2. The van der Waals surface area contributed by atoms with Crippen LogP contribution in [0.1, 0.15) is 27.9 Å². The van der Waals surface area contributed by atoms with Crippen molar-refractivity contribution in [3.05, 3.63) is 95.6 Å². The van der Waals surface area contributed by atoms with Gasteiger partial charge in [-0.2, -0.15) is 0 Å². The predicted octanol–water partition coefficient (Wildman–Crippen LogP) is 3.57. The quantitative estimate of drug-likeness (QED) is 0.445. The summed E-state index contributed by atoms with van der Waals surface area (Å²) in [5.41, 5.74) is 2.90. The van der Waals surface area contributed by atoms with Gasteiger partial charge in [-0.3, -0.25) is 4.79 Å². The minimum absolute atomic E-state index is 0.180. The summed E-state index contributed by atoms with van der Waals surface area (Å²) < 4.78 is 32.2. The molecule has 0 saturated heterocycles. The lowest BCUT2D eigenvalue weighted by molar-refractivity contribution is -0.116. The molecule has 0 saturated carbocycles. The molecule has 7 nitrogen and oxygen atoms in total. The van der Waals surface area contributed by atoms with E-state index in [9.17, 15) is 18.0 Å². The summed E-state index contributed by atoms with van der Waals surface area (Å²) >= 11 is 0. The van der Waals surface area contributed by atoms with Gasteiger partial charge in [-0.1, -0.05) is 42.5 Å². The summed E-state index contributed by atoms with van der Waals surface area (Å²) in [6, 6.07) is 22.6. The number of hydrogen-bond donors (Lipinski definition) is 2. The molecule has 0 fully saturated rings. The van der Waals surface area contributed by atoms with Gasteiger partial charge in [0.05, 0.1) is 17.6 Å². The lowest BCUT2D eigenvalue weighted by atomic mass is 10.1. The van der Waals surface area contributed by atoms with E-state index in [0.717, 1.165) is 11.1 Å². The number of carbonyl (C=O) groups is 2. The van der Waals surface area contributed by atoms with E-state index >= 15 is 0 Å². The molecular weight excluding hydrogens is 440 g/mol. The number of esters is 1. The highest BCUT2D eigenvalue weighted by Crippen LogP contribution is 2.14. The lowest BCUT2D eigenvalue weighted by Crippen LogP contribution is -2.26. The van der Waals surface area contributed by atoms with E-state index in [1.807, 2.05) is 30.3 Å². The number of anilines is 1. The molecule has 0 heterocycles. The Morgan fingerprint density at radius 3 is 2.09 bits per heavy atom. The summed E-state index contributed by atoms with van der Waals surface area (Å²) in [7, 11) is -2.28. The molecule has 0 aliphatic carbocycles. The van der Waals surface area contributed by atoms with E-state index in [1.54, 1.807) is 48.5 Å². The van der Waals surface area contributed by atoms with Crippen molar-refractivity contribution in [3.63, 3.8) is 0 Å². The van der Waals surface area contributed by atoms with Gasteiger partial charge in [-0.15, -0.1) is 0 Å². The number of nitrogens with one attached hydrogen (secondary N) is 2. The molecule has 3 aromatic carbocycles. The first-order chi connectivity index (χ1) is 15.9. The van der Waals surface area contributed by atoms with Crippen molar-refractivity contribution >= 4 is 27.6 Å². The maximum atomic E-state index is 12.5. The van der Waals surface area contributed by atoms with Crippen LogP contribution in [-0.2, 0) is 32.4 Å². The zero-order chi connectivity index (χ0) is 23.7. The molecule has 2 N–H and O–H groups in total. The van der Waals surface area contributed by atoms with Gasteiger partial charge in [-0.25, -0.2) is 17.9 Å². The van der Waals surface area contributed by atoms with Crippen molar-refractivity contribution in [2.45, 2.75) is 24.2 Å². The lowest BCUT2D eigenvalue weighted by Gasteiger charge is -2.09. The van der Waals surface area contributed by atoms with Gasteiger partial charge >= 0.3 is 5.97 Å². The van der Waals surface area contributed by atoms with Gasteiger partial charge in [-0.05, 0) is 60.4 Å². The average molecular weight is 467 g/mol. The fraction of sp³-hybridized carbons (Fsp3) is 0.200. The fourth-order valence-electron chi connectivity index (χ4n) is 3.18. The van der Waals surface area contributed by atoms with Crippen LogP contribution in [0.3, 0.4) is 0 Å². The van der Waals surface area contributed by atoms with Crippen LogP contribution in [0, 0.1) is 0 Å². The number of rotatable bonds is 10. The highest BCUT2D eigenvalue weighted by Gasteiger charge is 2.13. The third kappa shape index (κ3) is 7.27. The molecule has 172 valence electrons. The second kappa shape index (κ2) is 11.4. The van der Waals surface area contributed by atoms with Crippen molar-refractivity contribution in [2.75, 3.05) is 19.0 Å². The maximum Gasteiger partial charge on any atom is 0.337 e. The van der Waals surface area contributed by atoms with Crippen molar-refractivity contribution in [3.8, 4) is 0 Å². The summed E-state index contributed by atoms with van der Waals surface area (Å²) in [4.78, 5) is 23.9. The maximum absolute atomic E-state index is 12.5. The molecule has 0 bridgehead atoms. The molecule has 0 aliphatic heterocycles. The second-order valence-electron chi connectivity index (χ2n) is 7.39. The van der Waals surface area contributed by atoms with Gasteiger partial charge in [0.15, 0.2) is 0 Å². The Morgan fingerprint density at radius 1 is 0.818 bits per heavy atom. The number of hydrogen-bond acceptors (Lipinski definition) is 5. The van der Waals surface area contributed by atoms with Gasteiger partial charge in [0.1, 0.15) is 0 Å². The Labute approximate surface area is 193 Å². The Kier molecular flexibility index (Phi) is 8.34. The standard InChI is InChI=1S/C25H26N2O5S/c1-32-25(29)21-10-12-22(13-11-21)27-24(28)16-9-20-7-14-23(15-8-20)33(30,31)26-18-17-19-5-3-2-4-6-19/h2-8,10-15,26H,9,16-18H2,1H3,(H,27,28). The molecule has 0 unspecified atom stereocenters. The first-order valence-corrected chi connectivity index (χ1v) is 12.0. The molecule has 8 heteroatoms. The average Bonchev–Trinajstić information content (AvgIpc) is 2.83. The Balaban J connectivity index is 1.47. The molecule has 3 rings (SSSR count). The number of carbonyl (C=O) groups excluding carboxylic acids is 2. The number of aryl methyl sites for hydroxylation is 1. The predicted molar refractivity (Wildman–Crippen MR) is 127 cm³/mol. The SMILES string of the molecule is COC(=O)c1ccc(NC(=O)CCc2ccc(S(=O)(=O)NCCc3ccccc3)cc2)cc1. The van der Waals surface area contributed by atoms with E-state index in [4.69, 9.17) is 0 Å². The second-order valence-corrected chi connectivity index (χ2v) is 9.16. The Morgan fingerprint density at radius 2 is 1.45 bits per heavy atom. The minimum atomic E-state index is -3.59. The van der Waals surface area contributed by atoms with Crippen LogP contribution in [0.15, 0.2) is 83.8 Å². The van der Waals surface area contributed by atoms with Crippen LogP contribution < -0.4 is 10.0 Å². The van der Waals surface area contributed by atoms with Gasteiger partial charge in [0.25, 0.3) is 0 Å².